The Morgan fingerprint density at radius 2 is 1.93 bits per heavy atom. The van der Waals surface area contributed by atoms with Crippen molar-refractivity contribution in [3.8, 4) is 11.5 Å². The molecule has 0 radical (unpaired) electrons. The van der Waals surface area contributed by atoms with E-state index < -0.39 is 10.0 Å². The normalized spacial score (nSPS) is 14.0. The molecular weight excluding hydrogens is 368 g/mol. The van der Waals surface area contributed by atoms with Gasteiger partial charge in [0.15, 0.2) is 0 Å². The van der Waals surface area contributed by atoms with E-state index in [1.807, 2.05) is 13.8 Å². The number of anilines is 1. The van der Waals surface area contributed by atoms with Crippen LogP contribution < -0.4 is 19.5 Å². The predicted octanol–water partition coefficient (Wildman–Crippen LogP) is 2.64. The minimum absolute atomic E-state index is 0.107. The number of carbonyl (C=O) groups excluding carboxylic acids is 1. The molecule has 0 bridgehead atoms. The van der Waals surface area contributed by atoms with Gasteiger partial charge in [-0.05, 0) is 48.4 Å². The lowest BCUT2D eigenvalue weighted by Gasteiger charge is -2.12. The molecular formula is C19H22N2O5S. The van der Waals surface area contributed by atoms with Gasteiger partial charge in [0, 0.05) is 5.69 Å². The summed E-state index contributed by atoms with van der Waals surface area (Å²) in [6.45, 7) is 5.40. The van der Waals surface area contributed by atoms with Crippen LogP contribution in [0.1, 0.15) is 24.2 Å². The molecule has 0 spiro atoms. The van der Waals surface area contributed by atoms with Crippen molar-refractivity contribution >= 4 is 21.6 Å². The number of hydrogen-bond acceptors (Lipinski definition) is 5. The van der Waals surface area contributed by atoms with Crippen molar-refractivity contribution in [2.45, 2.75) is 18.7 Å². The largest absolute Gasteiger partial charge is 0.493 e. The van der Waals surface area contributed by atoms with Gasteiger partial charge in [0.2, 0.25) is 0 Å². The first-order chi connectivity index (χ1) is 12.8. The third-order valence-corrected chi connectivity index (χ3v) is 5.24. The van der Waals surface area contributed by atoms with Crippen LogP contribution in [0, 0.1) is 5.92 Å². The summed E-state index contributed by atoms with van der Waals surface area (Å²) in [5, 5.41) is 2.69. The number of hydrogen-bond donors (Lipinski definition) is 2. The molecule has 0 aliphatic carbocycles. The molecule has 1 aliphatic rings. The predicted molar refractivity (Wildman–Crippen MR) is 102 cm³/mol. The van der Waals surface area contributed by atoms with E-state index >= 15 is 0 Å². The van der Waals surface area contributed by atoms with Gasteiger partial charge < -0.3 is 14.8 Å². The van der Waals surface area contributed by atoms with Gasteiger partial charge >= 0.3 is 0 Å². The van der Waals surface area contributed by atoms with Crippen LogP contribution in [0.3, 0.4) is 0 Å². The molecule has 7 nitrogen and oxygen atoms in total. The minimum atomic E-state index is -3.79. The number of amides is 1. The molecule has 0 atom stereocenters. The molecule has 1 amide bonds. The number of nitrogens with one attached hydrogen (secondary N) is 2. The van der Waals surface area contributed by atoms with Crippen LogP contribution in [-0.4, -0.2) is 34.1 Å². The molecule has 2 aromatic rings. The molecule has 1 heterocycles. The third-order valence-electron chi connectivity index (χ3n) is 3.84. The number of carbonyl (C=O) groups is 1. The lowest BCUT2D eigenvalue weighted by atomic mass is 10.1. The van der Waals surface area contributed by atoms with Crippen molar-refractivity contribution in [1.29, 1.82) is 0 Å². The number of rotatable bonds is 6. The molecule has 0 saturated carbocycles. The van der Waals surface area contributed by atoms with Crippen molar-refractivity contribution < 1.29 is 22.7 Å². The van der Waals surface area contributed by atoms with Gasteiger partial charge in [0.1, 0.15) is 18.1 Å². The molecule has 2 N–H and O–H groups in total. The summed E-state index contributed by atoms with van der Waals surface area (Å²) in [7, 11) is -3.79. The van der Waals surface area contributed by atoms with Gasteiger partial charge in [-0.25, -0.2) is 8.42 Å². The van der Waals surface area contributed by atoms with E-state index in [2.05, 4.69) is 10.0 Å². The Hall–Kier alpha value is -2.74. The fraction of sp³-hybridized carbons (Fsp3) is 0.316. The van der Waals surface area contributed by atoms with E-state index in [-0.39, 0.29) is 16.5 Å². The van der Waals surface area contributed by atoms with E-state index in [1.54, 1.807) is 24.3 Å². The fourth-order valence-corrected chi connectivity index (χ4v) is 3.56. The van der Waals surface area contributed by atoms with E-state index in [9.17, 15) is 13.2 Å². The van der Waals surface area contributed by atoms with Gasteiger partial charge in [-0.3, -0.25) is 9.52 Å². The number of ether oxygens (including phenoxy) is 2. The Balaban J connectivity index is 1.77. The Morgan fingerprint density at radius 3 is 2.63 bits per heavy atom. The summed E-state index contributed by atoms with van der Waals surface area (Å²) < 4.78 is 38.7. The second-order valence-corrected chi connectivity index (χ2v) is 8.28. The smallest absolute Gasteiger partial charge is 0.261 e. The fourth-order valence-electron chi connectivity index (χ4n) is 2.51. The maximum atomic E-state index is 12.6. The van der Waals surface area contributed by atoms with Gasteiger partial charge in [-0.1, -0.05) is 13.8 Å². The zero-order valence-electron chi connectivity index (χ0n) is 15.2. The van der Waals surface area contributed by atoms with Crippen LogP contribution in [0.2, 0.25) is 0 Å². The second kappa shape index (κ2) is 7.87. The molecule has 0 saturated heterocycles. The van der Waals surface area contributed by atoms with E-state index in [0.29, 0.717) is 42.7 Å². The Morgan fingerprint density at radius 1 is 1.19 bits per heavy atom. The summed E-state index contributed by atoms with van der Waals surface area (Å²) in [4.78, 5) is 12.2. The first-order valence-electron chi connectivity index (χ1n) is 8.66. The topological polar surface area (TPSA) is 93.7 Å². The average Bonchev–Trinajstić information content (AvgIpc) is 2.82. The monoisotopic (exact) mass is 390 g/mol. The van der Waals surface area contributed by atoms with Crippen molar-refractivity contribution in [2.75, 3.05) is 24.5 Å². The van der Waals surface area contributed by atoms with Gasteiger partial charge in [-0.15, -0.1) is 0 Å². The molecule has 0 unspecified atom stereocenters. The van der Waals surface area contributed by atoms with Gasteiger partial charge in [-0.2, -0.15) is 0 Å². The average molecular weight is 390 g/mol. The highest BCUT2D eigenvalue weighted by Crippen LogP contribution is 2.26. The third kappa shape index (κ3) is 4.71. The Labute approximate surface area is 158 Å². The van der Waals surface area contributed by atoms with Crippen LogP contribution >= 0.6 is 0 Å². The highest BCUT2D eigenvalue weighted by Gasteiger charge is 2.19. The lowest BCUT2D eigenvalue weighted by Crippen LogP contribution is -2.24. The molecule has 1 aliphatic heterocycles. The van der Waals surface area contributed by atoms with E-state index in [4.69, 9.17) is 9.47 Å². The molecule has 27 heavy (non-hydrogen) atoms. The molecule has 144 valence electrons. The second-order valence-electron chi connectivity index (χ2n) is 6.60. The number of benzene rings is 2. The standard InChI is InChI=1S/C19H22N2O5S/c1-13(2)12-26-15-4-6-16(7-5-15)27(23,24)21-14-3-8-18-17(11-14)19(22)20-9-10-25-18/h3-8,11,13,21H,9-10,12H2,1-2H3,(H,20,22). The summed E-state index contributed by atoms with van der Waals surface area (Å²) in [5.41, 5.74) is 0.583. The van der Waals surface area contributed by atoms with E-state index in [1.165, 1.54) is 18.2 Å². The molecule has 0 aromatic heterocycles. The zero-order chi connectivity index (χ0) is 19.4. The highest BCUT2D eigenvalue weighted by molar-refractivity contribution is 7.92. The lowest BCUT2D eigenvalue weighted by molar-refractivity contribution is 0.0957. The summed E-state index contributed by atoms with van der Waals surface area (Å²) in [6, 6.07) is 10.8. The van der Waals surface area contributed by atoms with Crippen molar-refractivity contribution in [2.24, 2.45) is 5.92 Å². The molecule has 2 aromatic carbocycles. The Kier molecular flexibility index (Phi) is 5.55. The van der Waals surface area contributed by atoms with Gasteiger partial charge in [0.25, 0.3) is 15.9 Å². The quantitative estimate of drug-likeness (QED) is 0.791. The van der Waals surface area contributed by atoms with Crippen molar-refractivity contribution in [1.82, 2.24) is 5.32 Å². The van der Waals surface area contributed by atoms with Crippen LogP contribution in [0.25, 0.3) is 0 Å². The Bertz CT molecular complexity index is 924. The van der Waals surface area contributed by atoms with Crippen LogP contribution in [0.15, 0.2) is 47.4 Å². The van der Waals surface area contributed by atoms with Crippen LogP contribution in [0.4, 0.5) is 5.69 Å². The van der Waals surface area contributed by atoms with E-state index in [0.717, 1.165) is 0 Å². The SMILES string of the molecule is CC(C)COc1ccc(S(=O)(=O)Nc2ccc3c(c2)C(=O)NCCO3)cc1. The van der Waals surface area contributed by atoms with Crippen LogP contribution in [0.5, 0.6) is 11.5 Å². The van der Waals surface area contributed by atoms with Crippen molar-refractivity contribution in [3.63, 3.8) is 0 Å². The first kappa shape index (κ1) is 19.0. The molecule has 0 fully saturated rings. The van der Waals surface area contributed by atoms with Crippen LogP contribution in [-0.2, 0) is 10.0 Å². The summed E-state index contributed by atoms with van der Waals surface area (Å²) >= 11 is 0. The highest BCUT2D eigenvalue weighted by atomic mass is 32.2. The first-order valence-corrected chi connectivity index (χ1v) is 10.1. The molecule has 8 heteroatoms. The molecule has 3 rings (SSSR count). The maximum absolute atomic E-state index is 12.6. The number of sulfonamides is 1. The zero-order valence-corrected chi connectivity index (χ0v) is 16.0. The number of fused-ring (bicyclic) bond motifs is 1. The summed E-state index contributed by atoms with van der Waals surface area (Å²) in [6.07, 6.45) is 0. The minimum Gasteiger partial charge on any atom is -0.493 e. The van der Waals surface area contributed by atoms with Crippen molar-refractivity contribution in [3.05, 3.63) is 48.0 Å². The van der Waals surface area contributed by atoms with Gasteiger partial charge in [0.05, 0.1) is 23.6 Å². The maximum Gasteiger partial charge on any atom is 0.261 e. The summed E-state index contributed by atoms with van der Waals surface area (Å²) in [5.74, 6) is 1.13.